The third kappa shape index (κ3) is 3.55. The zero-order valence-corrected chi connectivity index (χ0v) is 13.2. The number of halogens is 1. The number of benzene rings is 1. The maximum absolute atomic E-state index is 13.9. The third-order valence-electron chi connectivity index (χ3n) is 3.32. The number of ether oxygens (including phenoxy) is 1. The number of fused-ring (bicyclic) bond motifs is 1. The smallest absolute Gasteiger partial charge is 0.329 e. The Balaban J connectivity index is 0.00000106. The molecule has 0 aromatic heterocycles. The quantitative estimate of drug-likeness (QED) is 0.634. The van der Waals surface area contributed by atoms with Crippen molar-refractivity contribution >= 4 is 11.7 Å². The van der Waals surface area contributed by atoms with Gasteiger partial charge in [0.15, 0.2) is 0 Å². The molecule has 21 heavy (non-hydrogen) atoms. The molecule has 0 fully saturated rings. The van der Waals surface area contributed by atoms with Gasteiger partial charge in [-0.05, 0) is 39.3 Å². The average molecular weight is 291 g/mol. The van der Waals surface area contributed by atoms with Crippen molar-refractivity contribution in [3.8, 4) is 12.8 Å². The summed E-state index contributed by atoms with van der Waals surface area (Å²) in [6.07, 6.45) is 8.00. The normalized spacial score (nSPS) is 19.8. The van der Waals surface area contributed by atoms with E-state index < -0.39 is 11.6 Å². The molecular formula is C17H22FNO2. The van der Waals surface area contributed by atoms with Crippen LogP contribution in [0.5, 0.6) is 0 Å². The lowest BCUT2D eigenvalue weighted by Crippen LogP contribution is -2.36. The molecular weight excluding hydrogens is 269 g/mol. The molecule has 1 aliphatic heterocycles. The number of rotatable bonds is 1. The molecule has 1 aromatic rings. The predicted octanol–water partition coefficient (Wildman–Crippen LogP) is 3.62. The summed E-state index contributed by atoms with van der Waals surface area (Å²) in [5.74, 6) is -0.841. The number of hydrogen-bond donors (Lipinski definition) is 1. The predicted molar refractivity (Wildman–Crippen MR) is 82.7 cm³/mol. The van der Waals surface area contributed by atoms with E-state index >= 15 is 0 Å². The number of nitrogens with one attached hydrogen (secondary N) is 1. The molecule has 0 bridgehead atoms. The highest BCUT2D eigenvalue weighted by Crippen LogP contribution is 2.40. The molecule has 0 amide bonds. The lowest BCUT2D eigenvalue weighted by atomic mass is 9.95. The largest absolute Gasteiger partial charge is 0.458 e. The lowest BCUT2D eigenvalue weighted by molar-refractivity contribution is -0.156. The van der Waals surface area contributed by atoms with Crippen molar-refractivity contribution < 1.29 is 13.9 Å². The van der Waals surface area contributed by atoms with E-state index in [0.29, 0.717) is 5.56 Å². The van der Waals surface area contributed by atoms with E-state index in [0.717, 1.165) is 11.3 Å². The first-order chi connectivity index (χ1) is 9.70. The van der Waals surface area contributed by atoms with Gasteiger partial charge in [-0.1, -0.05) is 13.0 Å². The number of anilines is 1. The highest BCUT2D eigenvalue weighted by Gasteiger charge is 2.39. The first-order valence-corrected chi connectivity index (χ1v) is 6.82. The van der Waals surface area contributed by atoms with E-state index in [2.05, 4.69) is 18.2 Å². The molecule has 0 radical (unpaired) electrons. The zero-order valence-electron chi connectivity index (χ0n) is 13.2. The van der Waals surface area contributed by atoms with Gasteiger partial charge in [0.25, 0.3) is 0 Å². The Hall–Kier alpha value is -2.02. The molecule has 2 rings (SSSR count). The van der Waals surface area contributed by atoms with Gasteiger partial charge in [-0.25, -0.2) is 9.18 Å². The van der Waals surface area contributed by atoms with Crippen LogP contribution in [0.4, 0.5) is 10.1 Å². The lowest BCUT2D eigenvalue weighted by Gasteiger charge is -2.24. The molecule has 114 valence electrons. The van der Waals surface area contributed by atoms with Gasteiger partial charge < -0.3 is 10.1 Å². The topological polar surface area (TPSA) is 38.3 Å². The van der Waals surface area contributed by atoms with E-state index in [1.807, 2.05) is 34.6 Å². The Morgan fingerprint density at radius 3 is 2.38 bits per heavy atom. The number of hydrogen-bond acceptors (Lipinski definition) is 3. The first kappa shape index (κ1) is 17.0. The van der Waals surface area contributed by atoms with Crippen molar-refractivity contribution in [1.82, 2.24) is 0 Å². The zero-order chi connectivity index (χ0) is 16.4. The third-order valence-corrected chi connectivity index (χ3v) is 3.32. The number of esters is 1. The molecule has 1 N–H and O–H groups in total. The van der Waals surface area contributed by atoms with Crippen molar-refractivity contribution in [3.63, 3.8) is 0 Å². The summed E-state index contributed by atoms with van der Waals surface area (Å²) in [4.78, 5) is 12.2. The fourth-order valence-corrected chi connectivity index (χ4v) is 2.42. The Morgan fingerprint density at radius 1 is 1.33 bits per heavy atom. The Labute approximate surface area is 125 Å². The van der Waals surface area contributed by atoms with Gasteiger partial charge >= 0.3 is 5.97 Å². The van der Waals surface area contributed by atoms with Crippen LogP contribution in [0.25, 0.3) is 0 Å². The molecule has 1 heterocycles. The van der Waals surface area contributed by atoms with Crippen LogP contribution in [-0.2, 0) is 9.53 Å². The molecule has 4 heteroatoms. The van der Waals surface area contributed by atoms with Crippen LogP contribution in [0, 0.1) is 25.6 Å². The highest BCUT2D eigenvalue weighted by molar-refractivity contribution is 5.85. The van der Waals surface area contributed by atoms with E-state index in [9.17, 15) is 9.18 Å². The molecule has 3 nitrogen and oxygen atoms in total. The van der Waals surface area contributed by atoms with E-state index in [1.165, 1.54) is 6.07 Å². The maximum Gasteiger partial charge on any atom is 0.329 e. The number of terminal acetylenes is 1. The van der Waals surface area contributed by atoms with Gasteiger partial charge in [-0.3, -0.25) is 0 Å². The summed E-state index contributed by atoms with van der Waals surface area (Å²) in [5, 5.41) is 3.10. The summed E-state index contributed by atoms with van der Waals surface area (Å²) in [5.41, 5.74) is 1.70. The van der Waals surface area contributed by atoms with Crippen molar-refractivity contribution in [2.75, 3.05) is 5.32 Å². The molecule has 0 saturated heterocycles. The van der Waals surface area contributed by atoms with Gasteiger partial charge in [0.2, 0.25) is 0 Å². The number of carbonyl (C=O) groups excluding carboxylic acids is 1. The summed E-state index contributed by atoms with van der Waals surface area (Å²) >= 11 is 0. The minimum atomic E-state index is -0.541. The van der Waals surface area contributed by atoms with Crippen LogP contribution >= 0.6 is 0 Å². The molecule has 1 aliphatic rings. The van der Waals surface area contributed by atoms with E-state index in [-0.39, 0.29) is 17.7 Å². The van der Waals surface area contributed by atoms with Gasteiger partial charge in [0.05, 0.1) is 0 Å². The maximum atomic E-state index is 13.9. The van der Waals surface area contributed by atoms with Crippen LogP contribution < -0.4 is 5.32 Å². The second-order valence-electron chi connectivity index (χ2n) is 6.10. The number of aryl methyl sites for hydroxylation is 1. The second kappa shape index (κ2) is 6.17. The van der Waals surface area contributed by atoms with Crippen LogP contribution in [0.2, 0.25) is 0 Å². The Bertz CT molecular complexity index is 558. The number of carbonyl (C=O) groups is 1. The second-order valence-corrected chi connectivity index (χ2v) is 6.10. The van der Waals surface area contributed by atoms with Crippen LogP contribution in [0.15, 0.2) is 12.1 Å². The SMILES string of the molecule is C#C.Cc1ccc(F)c2c1NC(C(=O)OC(C)(C)C)C2C. The van der Waals surface area contributed by atoms with Crippen molar-refractivity contribution in [1.29, 1.82) is 0 Å². The molecule has 0 spiro atoms. The van der Waals surface area contributed by atoms with Gasteiger partial charge in [0.1, 0.15) is 17.5 Å². The molecule has 0 saturated carbocycles. The summed E-state index contributed by atoms with van der Waals surface area (Å²) < 4.78 is 19.3. The highest BCUT2D eigenvalue weighted by atomic mass is 19.1. The van der Waals surface area contributed by atoms with Crippen molar-refractivity contribution in [3.05, 3.63) is 29.1 Å². The molecule has 0 aliphatic carbocycles. The fraction of sp³-hybridized carbons (Fsp3) is 0.471. The van der Waals surface area contributed by atoms with Crippen LogP contribution in [0.3, 0.4) is 0 Å². The monoisotopic (exact) mass is 291 g/mol. The molecule has 2 unspecified atom stereocenters. The van der Waals surface area contributed by atoms with E-state index in [1.54, 1.807) is 6.07 Å². The summed E-state index contributed by atoms with van der Waals surface area (Å²) in [6.45, 7) is 9.21. The summed E-state index contributed by atoms with van der Waals surface area (Å²) in [7, 11) is 0. The first-order valence-electron chi connectivity index (χ1n) is 6.82. The van der Waals surface area contributed by atoms with Gasteiger partial charge in [0, 0.05) is 17.2 Å². The van der Waals surface area contributed by atoms with Crippen molar-refractivity contribution in [2.45, 2.75) is 52.2 Å². The summed E-state index contributed by atoms with van der Waals surface area (Å²) in [6, 6.07) is 2.64. The minimum absolute atomic E-state index is 0.232. The van der Waals surface area contributed by atoms with Crippen LogP contribution in [-0.4, -0.2) is 17.6 Å². The minimum Gasteiger partial charge on any atom is -0.458 e. The van der Waals surface area contributed by atoms with Crippen LogP contribution in [0.1, 0.15) is 44.7 Å². The standard InChI is InChI=1S/C15H20FNO2.C2H2/c1-8-6-7-10(16)11-9(2)13(17-12(8)11)14(18)19-15(3,4)5;1-2/h6-7,9,13,17H,1-5H3;1-2H. The Kier molecular flexibility index (Phi) is 5.01. The fourth-order valence-electron chi connectivity index (χ4n) is 2.42. The van der Waals surface area contributed by atoms with Crippen molar-refractivity contribution in [2.24, 2.45) is 0 Å². The van der Waals surface area contributed by atoms with E-state index in [4.69, 9.17) is 4.74 Å². The molecule has 2 atom stereocenters. The average Bonchev–Trinajstić information content (AvgIpc) is 2.74. The van der Waals surface area contributed by atoms with Gasteiger partial charge in [-0.2, -0.15) is 0 Å². The molecule has 1 aromatic carbocycles. The van der Waals surface area contributed by atoms with Gasteiger partial charge in [-0.15, -0.1) is 12.8 Å². The Morgan fingerprint density at radius 2 is 1.90 bits per heavy atom.